The fourth-order valence-corrected chi connectivity index (χ4v) is 4.58. The minimum Gasteiger partial charge on any atom is -0.481 e. The van der Waals surface area contributed by atoms with Gasteiger partial charge in [-0.05, 0) is 79.3 Å². The van der Waals surface area contributed by atoms with E-state index in [1.807, 2.05) is 74.2 Å². The van der Waals surface area contributed by atoms with Crippen molar-refractivity contribution in [2.45, 2.75) is 52.7 Å². The molecule has 0 radical (unpaired) electrons. The number of ether oxygens (including phenoxy) is 1. The lowest BCUT2D eigenvalue weighted by atomic mass is 9.87. The molecule has 188 valence electrons. The fraction of sp³-hybridized carbons (Fsp3) is 0.333. The van der Waals surface area contributed by atoms with Crippen LogP contribution in [-0.2, 0) is 16.0 Å². The standard InChI is InChI=1S/C30H33FN2O3/c1-19(2)16-28(34)33-15-14-22-10-13-26(18-27(22)29(33)23-6-5-7-24(31)17-23)36-21(4)30(35)32-25-11-8-20(3)9-12-25/h5-13,17-19,21,29H,14-16H2,1-4H3,(H,32,35)/t21-,29+/m1/s1. The Morgan fingerprint density at radius 1 is 1.06 bits per heavy atom. The molecule has 4 rings (SSSR count). The number of aryl methyl sites for hydroxylation is 1. The lowest BCUT2D eigenvalue weighted by Crippen LogP contribution is -2.41. The second-order valence-electron chi connectivity index (χ2n) is 9.87. The Kier molecular flexibility index (Phi) is 7.73. The summed E-state index contributed by atoms with van der Waals surface area (Å²) in [4.78, 5) is 27.8. The summed E-state index contributed by atoms with van der Waals surface area (Å²) in [5, 5.41) is 2.87. The average Bonchev–Trinajstić information content (AvgIpc) is 2.84. The molecule has 0 unspecified atom stereocenters. The fourth-order valence-electron chi connectivity index (χ4n) is 4.58. The minimum absolute atomic E-state index is 0.0436. The van der Waals surface area contributed by atoms with Crippen molar-refractivity contribution < 1.29 is 18.7 Å². The molecule has 36 heavy (non-hydrogen) atoms. The van der Waals surface area contributed by atoms with Gasteiger partial charge < -0.3 is 15.0 Å². The van der Waals surface area contributed by atoms with Crippen LogP contribution in [0.1, 0.15) is 55.5 Å². The monoisotopic (exact) mass is 488 g/mol. The zero-order valence-electron chi connectivity index (χ0n) is 21.3. The predicted molar refractivity (Wildman–Crippen MR) is 139 cm³/mol. The summed E-state index contributed by atoms with van der Waals surface area (Å²) in [7, 11) is 0. The zero-order valence-corrected chi connectivity index (χ0v) is 21.3. The molecule has 5 nitrogen and oxygen atoms in total. The van der Waals surface area contributed by atoms with Crippen LogP contribution in [0, 0.1) is 18.7 Å². The van der Waals surface area contributed by atoms with Gasteiger partial charge in [0, 0.05) is 18.7 Å². The van der Waals surface area contributed by atoms with Crippen molar-refractivity contribution in [2.24, 2.45) is 5.92 Å². The van der Waals surface area contributed by atoms with E-state index in [2.05, 4.69) is 5.32 Å². The van der Waals surface area contributed by atoms with Gasteiger partial charge in [-0.2, -0.15) is 0 Å². The summed E-state index contributed by atoms with van der Waals surface area (Å²) in [6, 6.07) is 19.3. The molecular weight excluding hydrogens is 455 g/mol. The van der Waals surface area contributed by atoms with Crippen LogP contribution in [0.4, 0.5) is 10.1 Å². The van der Waals surface area contributed by atoms with Crippen LogP contribution in [0.2, 0.25) is 0 Å². The van der Waals surface area contributed by atoms with Crippen molar-refractivity contribution in [1.82, 2.24) is 4.90 Å². The van der Waals surface area contributed by atoms with E-state index in [-0.39, 0.29) is 23.5 Å². The second-order valence-corrected chi connectivity index (χ2v) is 9.87. The molecule has 3 aromatic rings. The van der Waals surface area contributed by atoms with Crippen LogP contribution in [0.25, 0.3) is 0 Å². The molecule has 3 aromatic carbocycles. The minimum atomic E-state index is -0.737. The molecular formula is C30H33FN2O3. The van der Waals surface area contributed by atoms with Crippen LogP contribution in [0.5, 0.6) is 5.75 Å². The number of halogens is 1. The quantitative estimate of drug-likeness (QED) is 0.440. The molecule has 1 heterocycles. The number of anilines is 1. The molecule has 0 aliphatic carbocycles. The first-order valence-corrected chi connectivity index (χ1v) is 12.4. The molecule has 0 spiro atoms. The van der Waals surface area contributed by atoms with Gasteiger partial charge in [0.1, 0.15) is 11.6 Å². The summed E-state index contributed by atoms with van der Waals surface area (Å²) < 4.78 is 20.2. The number of hydrogen-bond donors (Lipinski definition) is 1. The maximum Gasteiger partial charge on any atom is 0.265 e. The molecule has 2 amide bonds. The van der Waals surface area contributed by atoms with Gasteiger partial charge in [-0.3, -0.25) is 9.59 Å². The lowest BCUT2D eigenvalue weighted by molar-refractivity contribution is -0.134. The van der Waals surface area contributed by atoms with Crippen molar-refractivity contribution in [1.29, 1.82) is 0 Å². The highest BCUT2D eigenvalue weighted by molar-refractivity contribution is 5.94. The smallest absolute Gasteiger partial charge is 0.265 e. The van der Waals surface area contributed by atoms with E-state index in [0.29, 0.717) is 30.8 Å². The van der Waals surface area contributed by atoms with E-state index in [1.54, 1.807) is 13.0 Å². The maximum atomic E-state index is 14.2. The van der Waals surface area contributed by atoms with Gasteiger partial charge in [0.05, 0.1) is 6.04 Å². The Balaban J connectivity index is 1.60. The lowest BCUT2D eigenvalue weighted by Gasteiger charge is -2.38. The summed E-state index contributed by atoms with van der Waals surface area (Å²) in [5.41, 5.74) is 4.52. The van der Waals surface area contributed by atoms with Gasteiger partial charge >= 0.3 is 0 Å². The van der Waals surface area contributed by atoms with Gasteiger partial charge in [0.25, 0.3) is 5.91 Å². The first-order chi connectivity index (χ1) is 17.2. The molecule has 1 aliphatic heterocycles. The molecule has 0 fully saturated rings. The van der Waals surface area contributed by atoms with Crippen LogP contribution in [-0.4, -0.2) is 29.4 Å². The summed E-state index contributed by atoms with van der Waals surface area (Å²) in [5.74, 6) is 0.188. The normalized spacial score (nSPS) is 15.8. The Hall–Kier alpha value is -3.67. The molecule has 1 aliphatic rings. The van der Waals surface area contributed by atoms with Gasteiger partial charge in [-0.15, -0.1) is 0 Å². The van der Waals surface area contributed by atoms with Crippen molar-refractivity contribution in [3.05, 3.63) is 94.8 Å². The van der Waals surface area contributed by atoms with Gasteiger partial charge in [-0.25, -0.2) is 4.39 Å². The molecule has 0 aromatic heterocycles. The third-order valence-electron chi connectivity index (χ3n) is 6.41. The molecule has 0 bridgehead atoms. The second kappa shape index (κ2) is 10.9. The van der Waals surface area contributed by atoms with E-state index in [4.69, 9.17) is 4.74 Å². The largest absolute Gasteiger partial charge is 0.481 e. The van der Waals surface area contributed by atoms with Crippen LogP contribution in [0.15, 0.2) is 66.7 Å². The Morgan fingerprint density at radius 3 is 2.50 bits per heavy atom. The van der Waals surface area contributed by atoms with Crippen molar-refractivity contribution in [2.75, 3.05) is 11.9 Å². The zero-order chi connectivity index (χ0) is 25.8. The topological polar surface area (TPSA) is 58.6 Å². The predicted octanol–water partition coefficient (Wildman–Crippen LogP) is 6.06. The number of hydrogen-bond acceptors (Lipinski definition) is 3. The third kappa shape index (κ3) is 5.93. The highest BCUT2D eigenvalue weighted by Gasteiger charge is 2.33. The van der Waals surface area contributed by atoms with E-state index in [1.165, 1.54) is 12.1 Å². The Bertz CT molecular complexity index is 1240. The first-order valence-electron chi connectivity index (χ1n) is 12.4. The number of nitrogens with one attached hydrogen (secondary N) is 1. The van der Waals surface area contributed by atoms with Crippen LogP contribution < -0.4 is 10.1 Å². The van der Waals surface area contributed by atoms with Crippen LogP contribution >= 0.6 is 0 Å². The molecule has 0 saturated carbocycles. The van der Waals surface area contributed by atoms with Gasteiger partial charge in [0.2, 0.25) is 5.91 Å². The third-order valence-corrected chi connectivity index (χ3v) is 6.41. The van der Waals surface area contributed by atoms with Crippen LogP contribution in [0.3, 0.4) is 0 Å². The molecule has 0 saturated heterocycles. The highest BCUT2D eigenvalue weighted by atomic mass is 19.1. The van der Waals surface area contributed by atoms with Gasteiger partial charge in [-0.1, -0.05) is 49.7 Å². The first kappa shape index (κ1) is 25.4. The Morgan fingerprint density at radius 2 is 1.81 bits per heavy atom. The maximum absolute atomic E-state index is 14.2. The van der Waals surface area contributed by atoms with E-state index in [0.717, 1.165) is 22.3 Å². The number of carbonyl (C=O) groups is 2. The van der Waals surface area contributed by atoms with Crippen molar-refractivity contribution in [3.8, 4) is 5.75 Å². The number of benzene rings is 3. The molecule has 2 atom stereocenters. The van der Waals surface area contributed by atoms with Crippen molar-refractivity contribution >= 4 is 17.5 Å². The SMILES string of the molecule is Cc1ccc(NC(=O)[C@@H](C)Oc2ccc3c(c2)[C@H](c2cccc(F)c2)N(C(=O)CC(C)C)CC3)cc1. The Labute approximate surface area is 212 Å². The number of carbonyl (C=O) groups excluding carboxylic acids is 2. The van der Waals surface area contributed by atoms with E-state index in [9.17, 15) is 14.0 Å². The number of fused-ring (bicyclic) bond motifs is 1. The van der Waals surface area contributed by atoms with E-state index >= 15 is 0 Å². The summed E-state index contributed by atoms with van der Waals surface area (Å²) >= 11 is 0. The van der Waals surface area contributed by atoms with E-state index < -0.39 is 12.1 Å². The highest BCUT2D eigenvalue weighted by Crippen LogP contribution is 2.38. The summed E-state index contributed by atoms with van der Waals surface area (Å²) in [6.07, 6.45) is 0.390. The van der Waals surface area contributed by atoms with Crippen molar-refractivity contribution in [3.63, 3.8) is 0 Å². The summed E-state index contributed by atoms with van der Waals surface area (Å²) in [6.45, 7) is 8.28. The average molecular weight is 489 g/mol. The van der Waals surface area contributed by atoms with Gasteiger partial charge in [0.15, 0.2) is 6.10 Å². The number of nitrogens with zero attached hydrogens (tertiary/aromatic N) is 1. The molecule has 6 heteroatoms. The number of rotatable bonds is 7. The number of amides is 2. The molecule has 1 N–H and O–H groups in total.